The molecule has 144 valence electrons. The first-order chi connectivity index (χ1) is 13.0. The van der Waals surface area contributed by atoms with Crippen molar-refractivity contribution in [2.24, 2.45) is 0 Å². The molecule has 2 rings (SSSR count). The van der Waals surface area contributed by atoms with Crippen LogP contribution in [0.3, 0.4) is 0 Å². The fraction of sp³-hybridized carbons (Fsp3) is 0.364. The van der Waals surface area contributed by atoms with E-state index in [-0.39, 0.29) is 18.4 Å². The van der Waals surface area contributed by atoms with Gasteiger partial charge in [-0.25, -0.2) is 0 Å². The van der Waals surface area contributed by atoms with Gasteiger partial charge in [-0.2, -0.15) is 0 Å². The van der Waals surface area contributed by atoms with Crippen LogP contribution in [0.4, 0.5) is 0 Å². The topological polar surface area (TPSA) is 58.6 Å². The molecule has 27 heavy (non-hydrogen) atoms. The number of aryl methyl sites for hydroxylation is 2. The van der Waals surface area contributed by atoms with Crippen molar-refractivity contribution < 1.29 is 14.3 Å². The molecule has 0 aromatic heterocycles. The molecule has 0 spiro atoms. The summed E-state index contributed by atoms with van der Waals surface area (Å²) >= 11 is 0. The first-order valence-electron chi connectivity index (χ1n) is 9.23. The fourth-order valence-electron chi connectivity index (χ4n) is 2.81. The standard InChI is InChI=1S/C22H28N2O3/c1-5-18-10-12-20(13-11-18)27-15-21(25)24(17(3)22(26)23-4)14-19-9-7-6-8-16(19)2/h6-13,17H,5,14-15H2,1-4H3,(H,23,26)/t17-/m1/s1. The molecule has 2 amide bonds. The Morgan fingerprint density at radius 2 is 1.78 bits per heavy atom. The van der Waals surface area contributed by atoms with Gasteiger partial charge in [0.05, 0.1) is 0 Å². The number of hydrogen-bond donors (Lipinski definition) is 1. The maximum atomic E-state index is 12.8. The van der Waals surface area contributed by atoms with Crippen molar-refractivity contribution in [2.75, 3.05) is 13.7 Å². The number of carbonyl (C=O) groups excluding carboxylic acids is 2. The summed E-state index contributed by atoms with van der Waals surface area (Å²) in [6.45, 7) is 6.05. The van der Waals surface area contributed by atoms with Gasteiger partial charge in [-0.15, -0.1) is 0 Å². The lowest BCUT2D eigenvalue weighted by Crippen LogP contribution is -2.48. The molecule has 0 saturated heterocycles. The van der Waals surface area contributed by atoms with Gasteiger partial charge in [0.1, 0.15) is 11.8 Å². The van der Waals surface area contributed by atoms with Crippen molar-refractivity contribution in [3.05, 3.63) is 65.2 Å². The maximum absolute atomic E-state index is 12.8. The molecule has 0 saturated carbocycles. The molecule has 0 radical (unpaired) electrons. The molecule has 5 heteroatoms. The van der Waals surface area contributed by atoms with Crippen LogP contribution in [-0.4, -0.2) is 36.4 Å². The van der Waals surface area contributed by atoms with Gasteiger partial charge < -0.3 is 15.0 Å². The van der Waals surface area contributed by atoms with Gasteiger partial charge in [0.2, 0.25) is 5.91 Å². The number of nitrogens with one attached hydrogen (secondary N) is 1. The number of nitrogens with zero attached hydrogens (tertiary/aromatic N) is 1. The Kier molecular flexibility index (Phi) is 7.41. The Morgan fingerprint density at radius 3 is 2.37 bits per heavy atom. The molecule has 2 aromatic rings. The zero-order chi connectivity index (χ0) is 19.8. The SMILES string of the molecule is CCc1ccc(OCC(=O)N(Cc2ccccc2C)[C@H](C)C(=O)NC)cc1. The van der Waals surface area contributed by atoms with Gasteiger partial charge >= 0.3 is 0 Å². The quantitative estimate of drug-likeness (QED) is 0.779. The van der Waals surface area contributed by atoms with E-state index in [0.29, 0.717) is 12.3 Å². The third-order valence-electron chi connectivity index (χ3n) is 4.71. The molecule has 5 nitrogen and oxygen atoms in total. The number of carbonyl (C=O) groups is 2. The Labute approximate surface area is 161 Å². The second-order valence-corrected chi connectivity index (χ2v) is 6.52. The largest absolute Gasteiger partial charge is 0.484 e. The van der Waals surface area contributed by atoms with Crippen LogP contribution >= 0.6 is 0 Å². The van der Waals surface area contributed by atoms with Crippen molar-refractivity contribution in [2.45, 2.75) is 39.8 Å². The van der Waals surface area contributed by atoms with Gasteiger partial charge in [-0.05, 0) is 49.1 Å². The molecule has 0 aliphatic heterocycles. The molecule has 0 aliphatic carbocycles. The molecule has 0 fully saturated rings. The van der Waals surface area contributed by atoms with E-state index in [2.05, 4.69) is 12.2 Å². The maximum Gasteiger partial charge on any atom is 0.261 e. The van der Waals surface area contributed by atoms with Crippen LogP contribution in [0.2, 0.25) is 0 Å². The highest BCUT2D eigenvalue weighted by Crippen LogP contribution is 2.16. The van der Waals surface area contributed by atoms with Crippen molar-refractivity contribution in [3.8, 4) is 5.75 Å². The minimum atomic E-state index is -0.590. The van der Waals surface area contributed by atoms with E-state index in [1.54, 1.807) is 18.9 Å². The van der Waals surface area contributed by atoms with Crippen LogP contribution in [0.5, 0.6) is 5.75 Å². The van der Waals surface area contributed by atoms with Crippen LogP contribution in [-0.2, 0) is 22.6 Å². The molecule has 0 heterocycles. The summed E-state index contributed by atoms with van der Waals surface area (Å²) in [5.74, 6) is 0.210. The average Bonchev–Trinajstić information content (AvgIpc) is 2.70. The fourth-order valence-corrected chi connectivity index (χ4v) is 2.81. The van der Waals surface area contributed by atoms with Gasteiger partial charge in [0.25, 0.3) is 5.91 Å². The van der Waals surface area contributed by atoms with Gasteiger partial charge in [0, 0.05) is 13.6 Å². The normalized spacial score (nSPS) is 11.6. The van der Waals surface area contributed by atoms with Crippen molar-refractivity contribution in [1.82, 2.24) is 10.2 Å². The number of benzene rings is 2. The first-order valence-corrected chi connectivity index (χ1v) is 9.23. The van der Waals surface area contributed by atoms with Crippen molar-refractivity contribution in [1.29, 1.82) is 0 Å². The van der Waals surface area contributed by atoms with E-state index in [1.165, 1.54) is 5.56 Å². The predicted molar refractivity (Wildman–Crippen MR) is 107 cm³/mol. The van der Waals surface area contributed by atoms with E-state index < -0.39 is 6.04 Å². The molecule has 0 unspecified atom stereocenters. The lowest BCUT2D eigenvalue weighted by molar-refractivity contribution is -0.142. The molecule has 1 N–H and O–H groups in total. The molecule has 0 bridgehead atoms. The number of amides is 2. The van der Waals surface area contributed by atoms with Crippen molar-refractivity contribution in [3.63, 3.8) is 0 Å². The van der Waals surface area contributed by atoms with E-state index in [9.17, 15) is 9.59 Å². The summed E-state index contributed by atoms with van der Waals surface area (Å²) in [5, 5.41) is 2.61. The van der Waals surface area contributed by atoms with Crippen LogP contribution in [0.15, 0.2) is 48.5 Å². The summed E-state index contributed by atoms with van der Waals surface area (Å²) in [7, 11) is 1.57. The minimum Gasteiger partial charge on any atom is -0.484 e. The second-order valence-electron chi connectivity index (χ2n) is 6.52. The van der Waals surface area contributed by atoms with Crippen molar-refractivity contribution >= 4 is 11.8 Å². The summed E-state index contributed by atoms with van der Waals surface area (Å²) in [6.07, 6.45) is 0.951. The minimum absolute atomic E-state index is 0.112. The molecule has 0 aliphatic rings. The van der Waals surface area contributed by atoms with Gasteiger partial charge in [0.15, 0.2) is 6.61 Å². The highest BCUT2D eigenvalue weighted by Gasteiger charge is 2.26. The van der Waals surface area contributed by atoms with Crippen LogP contribution in [0.1, 0.15) is 30.5 Å². The Hall–Kier alpha value is -2.82. The summed E-state index contributed by atoms with van der Waals surface area (Å²) < 4.78 is 5.66. The molecular formula is C22H28N2O3. The lowest BCUT2D eigenvalue weighted by atomic mass is 10.1. The highest BCUT2D eigenvalue weighted by molar-refractivity contribution is 5.87. The number of rotatable bonds is 8. The number of hydrogen-bond acceptors (Lipinski definition) is 3. The van der Waals surface area contributed by atoms with E-state index in [4.69, 9.17) is 4.74 Å². The Morgan fingerprint density at radius 1 is 1.11 bits per heavy atom. The molecule has 2 aromatic carbocycles. The van der Waals surface area contributed by atoms with Crippen LogP contribution < -0.4 is 10.1 Å². The van der Waals surface area contributed by atoms with Crippen LogP contribution in [0.25, 0.3) is 0 Å². The monoisotopic (exact) mass is 368 g/mol. The van der Waals surface area contributed by atoms with Gasteiger partial charge in [-0.3, -0.25) is 9.59 Å². The summed E-state index contributed by atoms with van der Waals surface area (Å²) in [5.41, 5.74) is 3.30. The highest BCUT2D eigenvalue weighted by atomic mass is 16.5. The summed E-state index contributed by atoms with van der Waals surface area (Å²) in [6, 6.07) is 15.0. The third kappa shape index (κ3) is 5.58. The predicted octanol–water partition coefficient (Wildman–Crippen LogP) is 3.10. The average molecular weight is 368 g/mol. The number of likely N-dealkylation sites (N-methyl/N-ethyl adjacent to an activating group) is 1. The van der Waals surface area contributed by atoms with E-state index in [0.717, 1.165) is 17.5 Å². The molecule has 1 atom stereocenters. The lowest BCUT2D eigenvalue weighted by Gasteiger charge is -2.28. The molecular weight excluding hydrogens is 340 g/mol. The zero-order valence-corrected chi connectivity index (χ0v) is 16.5. The first kappa shape index (κ1) is 20.5. The van der Waals surface area contributed by atoms with E-state index in [1.807, 2.05) is 55.5 Å². The Balaban J connectivity index is 2.12. The smallest absolute Gasteiger partial charge is 0.261 e. The van der Waals surface area contributed by atoms with Crippen LogP contribution in [0, 0.1) is 6.92 Å². The van der Waals surface area contributed by atoms with Gasteiger partial charge in [-0.1, -0.05) is 43.3 Å². The third-order valence-corrected chi connectivity index (χ3v) is 4.71. The summed E-state index contributed by atoms with van der Waals surface area (Å²) in [4.78, 5) is 26.5. The second kappa shape index (κ2) is 9.76. The van der Waals surface area contributed by atoms with E-state index >= 15 is 0 Å². The Bertz CT molecular complexity index is 771. The zero-order valence-electron chi connectivity index (χ0n) is 16.5. The number of ether oxygens (including phenoxy) is 1.